The van der Waals surface area contributed by atoms with Crippen LogP contribution < -0.4 is 0 Å². The molecule has 0 unspecified atom stereocenters. The van der Waals surface area contributed by atoms with E-state index in [1.165, 1.54) is 19.1 Å². The summed E-state index contributed by atoms with van der Waals surface area (Å²) in [6.45, 7) is 2.13. The third kappa shape index (κ3) is 6.02. The first-order chi connectivity index (χ1) is 16.5. The van der Waals surface area contributed by atoms with Crippen molar-refractivity contribution in [3.8, 4) is 5.88 Å². The van der Waals surface area contributed by atoms with E-state index in [1.54, 1.807) is 12.1 Å². The van der Waals surface area contributed by atoms with Crippen molar-refractivity contribution in [1.82, 2.24) is 9.47 Å². The molecular weight excluding hydrogens is 522 g/mol. The first-order valence-corrected chi connectivity index (χ1v) is 12.3. The van der Waals surface area contributed by atoms with Crippen LogP contribution in [0.4, 0.5) is 5.69 Å². The number of benzene rings is 2. The molecule has 0 atom stereocenters. The Morgan fingerprint density at radius 3 is 2.68 bits per heavy atom. The van der Waals surface area contributed by atoms with E-state index in [0.29, 0.717) is 22.6 Å². The fourth-order valence-corrected chi connectivity index (χ4v) is 4.46. The Morgan fingerprint density at radius 2 is 1.91 bits per heavy atom. The lowest BCUT2D eigenvalue weighted by molar-refractivity contribution is -0.122. The lowest BCUT2D eigenvalue weighted by atomic mass is 10.2. The molecule has 2 heterocycles. The van der Waals surface area contributed by atoms with Crippen molar-refractivity contribution in [2.45, 2.75) is 32.4 Å². The van der Waals surface area contributed by atoms with Gasteiger partial charge in [-0.15, -0.1) is 10.2 Å². The highest BCUT2D eigenvalue weighted by atomic mass is 79.9. The molecule has 1 saturated heterocycles. The molecule has 8 nitrogen and oxygen atoms in total. The lowest BCUT2D eigenvalue weighted by Gasteiger charge is -2.21. The van der Waals surface area contributed by atoms with E-state index in [4.69, 9.17) is 16.4 Å². The summed E-state index contributed by atoms with van der Waals surface area (Å²) in [5.41, 5.74) is 1.75. The number of oxime groups is 1. The number of rotatable bonds is 7. The summed E-state index contributed by atoms with van der Waals surface area (Å²) < 4.78 is 2.66. The van der Waals surface area contributed by atoms with E-state index in [9.17, 15) is 9.90 Å². The van der Waals surface area contributed by atoms with Crippen molar-refractivity contribution in [3.63, 3.8) is 0 Å². The van der Waals surface area contributed by atoms with Crippen LogP contribution >= 0.6 is 27.5 Å². The van der Waals surface area contributed by atoms with Crippen LogP contribution in [0.2, 0.25) is 5.02 Å². The fraction of sp³-hybridized carbons (Fsp3) is 0.333. The number of aromatic hydroxyl groups is 1. The van der Waals surface area contributed by atoms with Crippen LogP contribution in [-0.4, -0.2) is 46.4 Å². The monoisotopic (exact) mass is 545 g/mol. The minimum Gasteiger partial charge on any atom is -0.493 e. The molecule has 0 radical (unpaired) electrons. The van der Waals surface area contributed by atoms with E-state index in [1.807, 2.05) is 34.9 Å². The molecule has 178 valence electrons. The molecule has 2 aromatic carbocycles. The average Bonchev–Trinajstić information content (AvgIpc) is 2.98. The number of nitrogens with zero attached hydrogens (tertiary/aromatic N) is 5. The summed E-state index contributed by atoms with van der Waals surface area (Å²) in [7, 11) is 0. The average molecular weight is 547 g/mol. The van der Waals surface area contributed by atoms with Gasteiger partial charge in [0.05, 0.1) is 18.4 Å². The molecule has 0 bridgehead atoms. The van der Waals surface area contributed by atoms with Gasteiger partial charge in [-0.05, 0) is 50.2 Å². The van der Waals surface area contributed by atoms with Gasteiger partial charge in [-0.2, -0.15) is 0 Å². The molecule has 1 N–H and O–H groups in total. The number of fused-ring (bicyclic) bond motifs is 1. The zero-order valence-corrected chi connectivity index (χ0v) is 20.9. The van der Waals surface area contributed by atoms with Crippen molar-refractivity contribution in [1.29, 1.82) is 0 Å². The maximum absolute atomic E-state index is 12.2. The Labute approximate surface area is 211 Å². The van der Waals surface area contributed by atoms with Gasteiger partial charge in [0, 0.05) is 20.4 Å². The second-order valence-electron chi connectivity index (χ2n) is 8.06. The van der Waals surface area contributed by atoms with E-state index < -0.39 is 5.91 Å². The third-order valence-electron chi connectivity index (χ3n) is 5.63. The highest BCUT2D eigenvalue weighted by Crippen LogP contribution is 2.40. The Balaban J connectivity index is 1.48. The van der Waals surface area contributed by atoms with Crippen molar-refractivity contribution >= 4 is 56.2 Å². The van der Waals surface area contributed by atoms with Gasteiger partial charge in [0.25, 0.3) is 0 Å². The van der Waals surface area contributed by atoms with Gasteiger partial charge in [0.1, 0.15) is 0 Å². The standard InChI is InChI=1S/C24H25BrClN5O3/c25-18-9-10-21-19(13-18)23(24(33)31(21)16-30-11-5-1-2-6-12-30)29-28-22(32)15-34-27-14-17-7-3-4-8-20(17)26/h3-4,7-10,13-14,33H,1-2,5-6,11-12,15-16H2. The molecule has 3 aromatic rings. The molecular formula is C24H25BrClN5O3. The van der Waals surface area contributed by atoms with Crippen LogP contribution in [0.3, 0.4) is 0 Å². The molecule has 1 fully saturated rings. The van der Waals surface area contributed by atoms with Gasteiger partial charge in [-0.25, -0.2) is 0 Å². The Morgan fingerprint density at radius 1 is 1.15 bits per heavy atom. The molecule has 4 rings (SSSR count). The van der Waals surface area contributed by atoms with Crippen molar-refractivity contribution in [2.75, 3.05) is 19.7 Å². The predicted molar refractivity (Wildman–Crippen MR) is 136 cm³/mol. The predicted octanol–water partition coefficient (Wildman–Crippen LogP) is 6.26. The number of azo groups is 1. The first-order valence-electron chi connectivity index (χ1n) is 11.1. The zero-order chi connectivity index (χ0) is 23.9. The normalized spacial score (nSPS) is 15.4. The number of carbonyl (C=O) groups is 1. The van der Waals surface area contributed by atoms with E-state index in [0.717, 1.165) is 35.9 Å². The zero-order valence-electron chi connectivity index (χ0n) is 18.5. The van der Waals surface area contributed by atoms with Crippen LogP contribution in [-0.2, 0) is 16.3 Å². The second kappa shape index (κ2) is 11.6. The third-order valence-corrected chi connectivity index (χ3v) is 6.47. The maximum atomic E-state index is 12.2. The van der Waals surface area contributed by atoms with Crippen molar-refractivity contribution < 1.29 is 14.7 Å². The number of likely N-dealkylation sites (tertiary alicyclic amines) is 1. The van der Waals surface area contributed by atoms with E-state index in [2.05, 4.69) is 36.2 Å². The van der Waals surface area contributed by atoms with Gasteiger partial charge in [0.2, 0.25) is 5.88 Å². The quantitative estimate of drug-likeness (QED) is 0.215. The van der Waals surface area contributed by atoms with Crippen LogP contribution in [0, 0.1) is 0 Å². The number of amides is 1. The second-order valence-corrected chi connectivity index (χ2v) is 9.38. The molecule has 1 aliphatic heterocycles. The van der Waals surface area contributed by atoms with Crippen LogP contribution in [0.25, 0.3) is 10.9 Å². The number of halogens is 2. The Kier molecular flexibility index (Phi) is 8.31. The van der Waals surface area contributed by atoms with Crippen LogP contribution in [0.5, 0.6) is 5.88 Å². The number of hydrogen-bond donors (Lipinski definition) is 1. The molecule has 34 heavy (non-hydrogen) atoms. The van der Waals surface area contributed by atoms with Crippen LogP contribution in [0.15, 0.2) is 62.3 Å². The number of aromatic nitrogens is 1. The molecule has 0 aliphatic carbocycles. The maximum Gasteiger partial charge on any atom is 0.304 e. The molecule has 1 aliphatic rings. The first kappa shape index (κ1) is 24.4. The smallest absolute Gasteiger partial charge is 0.304 e. The summed E-state index contributed by atoms with van der Waals surface area (Å²) in [6, 6.07) is 12.8. The van der Waals surface area contributed by atoms with Gasteiger partial charge in [-0.3, -0.25) is 14.3 Å². The highest BCUT2D eigenvalue weighted by molar-refractivity contribution is 9.10. The van der Waals surface area contributed by atoms with Crippen LogP contribution in [0.1, 0.15) is 31.2 Å². The SMILES string of the molecule is O=C(CON=Cc1ccccc1Cl)N=Nc1c(O)n(CN2CCCCCC2)c2ccc(Br)cc12. The summed E-state index contributed by atoms with van der Waals surface area (Å²) in [5.74, 6) is -0.648. The largest absolute Gasteiger partial charge is 0.493 e. The molecule has 0 spiro atoms. The number of carbonyl (C=O) groups excluding carboxylic acids is 1. The van der Waals surface area contributed by atoms with E-state index in [-0.39, 0.29) is 18.2 Å². The summed E-state index contributed by atoms with van der Waals surface area (Å²) in [4.78, 5) is 19.5. The number of hydrogen-bond acceptors (Lipinski definition) is 6. The van der Waals surface area contributed by atoms with E-state index >= 15 is 0 Å². The minimum atomic E-state index is -0.626. The molecule has 1 aromatic heterocycles. The van der Waals surface area contributed by atoms with Gasteiger partial charge < -0.3 is 9.94 Å². The van der Waals surface area contributed by atoms with Gasteiger partial charge >= 0.3 is 5.91 Å². The Bertz CT molecular complexity index is 1220. The summed E-state index contributed by atoms with van der Waals surface area (Å²) in [6.07, 6.45) is 6.17. The Hall–Kier alpha value is -2.75. The summed E-state index contributed by atoms with van der Waals surface area (Å²) >= 11 is 9.52. The molecule has 10 heteroatoms. The van der Waals surface area contributed by atoms with Gasteiger partial charge in [0.15, 0.2) is 12.3 Å². The fourth-order valence-electron chi connectivity index (χ4n) is 3.92. The topological polar surface area (TPSA) is 91.8 Å². The van der Waals surface area contributed by atoms with Gasteiger partial charge in [-0.1, -0.05) is 63.7 Å². The molecule has 1 amide bonds. The molecule has 0 saturated carbocycles. The highest BCUT2D eigenvalue weighted by Gasteiger charge is 2.20. The summed E-state index contributed by atoms with van der Waals surface area (Å²) in [5, 5.41) is 23.8. The van der Waals surface area contributed by atoms with Crippen molar-refractivity contribution in [3.05, 3.63) is 57.5 Å². The minimum absolute atomic E-state index is 0.0217. The lowest BCUT2D eigenvalue weighted by Crippen LogP contribution is -2.27. The van der Waals surface area contributed by atoms with Crippen molar-refractivity contribution in [2.24, 2.45) is 15.4 Å².